The van der Waals surface area contributed by atoms with Crippen LogP contribution in [0.2, 0.25) is 0 Å². The highest BCUT2D eigenvalue weighted by molar-refractivity contribution is 5.93. The van der Waals surface area contributed by atoms with E-state index in [0.29, 0.717) is 37.7 Å². The lowest BCUT2D eigenvalue weighted by atomic mass is 9.44. The van der Waals surface area contributed by atoms with Crippen LogP contribution in [0.4, 0.5) is 0 Å². The van der Waals surface area contributed by atoms with Gasteiger partial charge in [-0.3, -0.25) is 19.2 Å². The minimum absolute atomic E-state index is 0.0126. The van der Waals surface area contributed by atoms with Crippen LogP contribution in [0.25, 0.3) is 0 Å². The van der Waals surface area contributed by atoms with E-state index < -0.39 is 101 Å². The van der Waals surface area contributed by atoms with Crippen LogP contribution >= 0.6 is 0 Å². The number of fused-ring (bicyclic) bond motifs is 6. The first kappa shape index (κ1) is 41.7. The van der Waals surface area contributed by atoms with Crippen LogP contribution < -0.4 is 5.32 Å². The third-order valence-electron chi connectivity index (χ3n) is 13.2. The predicted molar refractivity (Wildman–Crippen MR) is 198 cm³/mol. The number of nitrogens with one attached hydrogen (secondary N) is 1. The smallest absolute Gasteiger partial charge is 0.338 e. The van der Waals surface area contributed by atoms with Crippen molar-refractivity contribution in [3.63, 3.8) is 0 Å². The topological polar surface area (TPSA) is 215 Å². The molecule has 6 rings (SSSR count). The molecule has 14 heteroatoms. The molecule has 2 heterocycles. The van der Waals surface area contributed by atoms with Gasteiger partial charge in [0.05, 0.1) is 30.1 Å². The molecule has 1 amide bonds. The summed E-state index contributed by atoms with van der Waals surface area (Å²) < 4.78 is 24.1. The van der Waals surface area contributed by atoms with Crippen molar-refractivity contribution in [1.82, 2.24) is 5.32 Å². The monoisotopic (exact) mass is 781 g/mol. The zero-order chi connectivity index (χ0) is 40.8. The van der Waals surface area contributed by atoms with Crippen molar-refractivity contribution < 1.29 is 63.3 Å². The molecule has 2 aliphatic heterocycles. The molecule has 5 N–H and O–H groups in total. The van der Waals surface area contributed by atoms with Gasteiger partial charge in [0, 0.05) is 38.0 Å². The second kappa shape index (κ2) is 15.8. The number of ether oxygens (including phenoxy) is 4. The number of carbonyl (C=O) groups excluding carboxylic acids is 5. The molecule has 3 fully saturated rings. The van der Waals surface area contributed by atoms with E-state index in [1.54, 1.807) is 51.1 Å². The first-order chi connectivity index (χ1) is 26.4. The Morgan fingerprint density at radius 2 is 1.61 bits per heavy atom. The number of benzene rings is 1. The molecular formula is C42H55NO13. The van der Waals surface area contributed by atoms with E-state index >= 15 is 0 Å². The van der Waals surface area contributed by atoms with Crippen LogP contribution in [0, 0.1) is 16.7 Å². The molecule has 1 saturated heterocycles. The number of hydrogen-bond acceptors (Lipinski definition) is 13. The lowest BCUT2D eigenvalue weighted by Crippen LogP contribution is -2.81. The minimum Gasteiger partial charge on any atom is -0.459 e. The molecule has 306 valence electrons. The van der Waals surface area contributed by atoms with Gasteiger partial charge in [-0.25, -0.2) is 4.79 Å². The summed E-state index contributed by atoms with van der Waals surface area (Å²) in [4.78, 5) is 68.8. The van der Waals surface area contributed by atoms with E-state index in [1.165, 1.54) is 13.8 Å². The number of hydrogen-bond donors (Lipinski definition) is 5. The Hall–Kier alpha value is -3.95. The quantitative estimate of drug-likeness (QED) is 0.166. The summed E-state index contributed by atoms with van der Waals surface area (Å²) in [5, 5.41) is 51.7. The Labute approximate surface area is 326 Å². The van der Waals surface area contributed by atoms with E-state index in [-0.39, 0.29) is 42.9 Å². The lowest BCUT2D eigenvalue weighted by Gasteiger charge is -2.67. The summed E-state index contributed by atoms with van der Waals surface area (Å²) in [5.41, 5.74) is -6.82. The second-order valence-electron chi connectivity index (χ2n) is 16.8. The van der Waals surface area contributed by atoms with Gasteiger partial charge in [-0.05, 0) is 62.7 Å². The standard InChI is InChI=1S/C42H55NO13/c1-23-26-21-42(52)37(35-40(5,36(50)33(48)31(23)39(42,3)4)27(45)20-28-41(35,22-53-28)56-24(2)44)55-30(47)19-15-10-8-6-7-9-14-18-29(46)43-32(34(49)38(51)54-26)25-16-12-11-13-17-25/h6,8,11-13,16-17,26-28,32-35,37,45,48-49,52H,7,9-10,14-15,18-22H2,1-5H3,(H,43,46)/b8-6-/t26-,27-,28-,32-,33-,34-,35-,37-,40+,41-,42+/m0/s1. The molecule has 0 unspecified atom stereocenters. The van der Waals surface area contributed by atoms with Crippen molar-refractivity contribution in [3.05, 3.63) is 59.2 Å². The van der Waals surface area contributed by atoms with Crippen molar-refractivity contribution in [2.45, 2.75) is 146 Å². The maximum absolute atomic E-state index is 14.9. The number of esters is 3. The molecule has 56 heavy (non-hydrogen) atoms. The molecule has 0 spiro atoms. The Kier molecular flexibility index (Phi) is 11.7. The summed E-state index contributed by atoms with van der Waals surface area (Å²) in [6.07, 6.45) is -3.25. The number of aliphatic hydroxyl groups is 4. The highest BCUT2D eigenvalue weighted by Gasteiger charge is 2.78. The van der Waals surface area contributed by atoms with Gasteiger partial charge < -0.3 is 44.7 Å². The van der Waals surface area contributed by atoms with Crippen molar-refractivity contribution in [3.8, 4) is 0 Å². The van der Waals surface area contributed by atoms with Crippen molar-refractivity contribution >= 4 is 29.6 Å². The summed E-state index contributed by atoms with van der Waals surface area (Å²) in [6, 6.07) is 7.23. The second-order valence-corrected chi connectivity index (χ2v) is 16.8. The van der Waals surface area contributed by atoms with E-state index in [9.17, 15) is 44.4 Å². The third kappa shape index (κ3) is 7.01. The SMILES string of the molecule is CC(=O)O[C@@]12CO[C@H]1C[C@H](O)[C@@]1(C)C(=O)[C@@H](O)C3=C(C)[C@@H]4C[C@@](O)([C@@H](OC(=O)CCC/C=C\CCCCC(=O)N[C@@H](c5ccccc5)[C@H](O)C(=O)O4)[C@H]21)C3(C)C. The Bertz CT molecular complexity index is 1770. The summed E-state index contributed by atoms with van der Waals surface area (Å²) in [7, 11) is 0. The average Bonchev–Trinajstić information content (AvgIpc) is 3.14. The Morgan fingerprint density at radius 1 is 0.929 bits per heavy atom. The van der Waals surface area contributed by atoms with E-state index in [1.807, 2.05) is 12.2 Å². The van der Waals surface area contributed by atoms with Gasteiger partial charge in [0.25, 0.3) is 0 Å². The molecule has 0 radical (unpaired) electrons. The molecular weight excluding hydrogens is 726 g/mol. The third-order valence-corrected chi connectivity index (χ3v) is 13.2. The van der Waals surface area contributed by atoms with Crippen LogP contribution in [0.3, 0.4) is 0 Å². The molecule has 14 nitrogen and oxygen atoms in total. The van der Waals surface area contributed by atoms with Crippen LogP contribution in [0.15, 0.2) is 53.6 Å². The summed E-state index contributed by atoms with van der Waals surface area (Å²) >= 11 is 0. The van der Waals surface area contributed by atoms with E-state index in [2.05, 4.69) is 5.32 Å². The number of allylic oxidation sites excluding steroid dienone is 2. The van der Waals surface area contributed by atoms with Gasteiger partial charge >= 0.3 is 17.9 Å². The number of Topliss-reactive ketones (excluding diaryl/α,β-unsaturated/α-hetero) is 1. The Morgan fingerprint density at radius 3 is 2.25 bits per heavy atom. The fourth-order valence-corrected chi connectivity index (χ4v) is 9.96. The average molecular weight is 782 g/mol. The maximum Gasteiger partial charge on any atom is 0.338 e. The number of ketones is 1. The summed E-state index contributed by atoms with van der Waals surface area (Å²) in [5.74, 6) is -5.32. The molecule has 5 aliphatic rings. The zero-order valence-electron chi connectivity index (χ0n) is 32.7. The first-order valence-electron chi connectivity index (χ1n) is 19.6. The van der Waals surface area contributed by atoms with Crippen molar-refractivity contribution in [2.24, 2.45) is 16.7 Å². The predicted octanol–water partition coefficient (Wildman–Crippen LogP) is 2.84. The van der Waals surface area contributed by atoms with Crippen LogP contribution in [-0.4, -0.2) is 104 Å². The number of aliphatic hydroxyl groups excluding tert-OH is 3. The summed E-state index contributed by atoms with van der Waals surface area (Å²) in [6.45, 7) is 7.06. The normalized spacial score (nSPS) is 40.2. The minimum atomic E-state index is -2.27. The van der Waals surface area contributed by atoms with Gasteiger partial charge in [-0.15, -0.1) is 0 Å². The molecule has 11 atom stereocenters. The molecule has 2 saturated carbocycles. The molecule has 1 aromatic carbocycles. The fraction of sp³-hybridized carbons (Fsp3) is 0.643. The van der Waals surface area contributed by atoms with Crippen molar-refractivity contribution in [2.75, 3.05) is 6.61 Å². The van der Waals surface area contributed by atoms with Gasteiger partial charge in [0.2, 0.25) is 5.91 Å². The number of carbonyl (C=O) groups is 5. The van der Waals surface area contributed by atoms with Crippen LogP contribution in [0.1, 0.15) is 104 Å². The van der Waals surface area contributed by atoms with Crippen LogP contribution in [0.5, 0.6) is 0 Å². The fourth-order valence-electron chi connectivity index (χ4n) is 9.96. The van der Waals surface area contributed by atoms with Crippen LogP contribution in [-0.2, 0) is 42.9 Å². The first-order valence-corrected chi connectivity index (χ1v) is 19.6. The molecule has 3 bridgehead atoms. The number of rotatable bonds is 2. The number of amides is 1. The Balaban J connectivity index is 1.51. The highest BCUT2D eigenvalue weighted by atomic mass is 16.6. The largest absolute Gasteiger partial charge is 0.459 e. The van der Waals surface area contributed by atoms with Gasteiger partial charge in [-0.2, -0.15) is 0 Å². The molecule has 1 aromatic rings. The zero-order valence-corrected chi connectivity index (χ0v) is 32.7. The van der Waals surface area contributed by atoms with Crippen molar-refractivity contribution in [1.29, 1.82) is 0 Å². The maximum atomic E-state index is 14.9. The van der Waals surface area contributed by atoms with Gasteiger partial charge in [0.1, 0.15) is 30.0 Å². The highest BCUT2D eigenvalue weighted by Crippen LogP contribution is 2.64. The van der Waals surface area contributed by atoms with E-state index in [0.717, 1.165) is 0 Å². The van der Waals surface area contributed by atoms with Gasteiger partial charge in [-0.1, -0.05) is 56.3 Å². The van der Waals surface area contributed by atoms with E-state index in [4.69, 9.17) is 18.9 Å². The molecule has 3 aliphatic carbocycles. The lowest BCUT2D eigenvalue weighted by molar-refractivity contribution is -0.347. The molecule has 0 aromatic heterocycles. The van der Waals surface area contributed by atoms with Gasteiger partial charge in [0.15, 0.2) is 17.5 Å².